The summed E-state index contributed by atoms with van der Waals surface area (Å²) < 4.78 is 5.11. The zero-order chi connectivity index (χ0) is 14.3. The summed E-state index contributed by atoms with van der Waals surface area (Å²) in [4.78, 5) is 2.33. The van der Waals surface area contributed by atoms with Crippen molar-refractivity contribution in [3.63, 3.8) is 0 Å². The van der Waals surface area contributed by atoms with E-state index in [0.717, 1.165) is 19.5 Å². The Hall–Kier alpha value is -0.900. The number of methoxy groups -OCH3 is 1. The first kappa shape index (κ1) is 16.2. The monoisotopic (exact) mass is 264 g/mol. The molecule has 0 fully saturated rings. The molecular formula is C16H28N2O. The van der Waals surface area contributed by atoms with Crippen LogP contribution in [0.2, 0.25) is 0 Å². The molecule has 0 heterocycles. The second-order valence-corrected chi connectivity index (χ2v) is 5.68. The van der Waals surface area contributed by atoms with E-state index in [9.17, 15) is 0 Å². The van der Waals surface area contributed by atoms with E-state index in [1.54, 1.807) is 7.11 Å². The van der Waals surface area contributed by atoms with Gasteiger partial charge in [0.15, 0.2) is 0 Å². The summed E-state index contributed by atoms with van der Waals surface area (Å²) in [6, 6.07) is 8.91. The Morgan fingerprint density at radius 2 is 1.74 bits per heavy atom. The maximum Gasteiger partial charge on any atom is 0.0713 e. The van der Waals surface area contributed by atoms with Gasteiger partial charge >= 0.3 is 0 Å². The van der Waals surface area contributed by atoms with Crippen LogP contribution in [0.3, 0.4) is 0 Å². The first-order valence-electron chi connectivity index (χ1n) is 7.03. The van der Waals surface area contributed by atoms with Crippen molar-refractivity contribution >= 4 is 0 Å². The van der Waals surface area contributed by atoms with Crippen LogP contribution in [0.15, 0.2) is 24.3 Å². The number of hydrogen-bond acceptors (Lipinski definition) is 3. The number of ether oxygens (including phenoxy) is 1. The van der Waals surface area contributed by atoms with E-state index < -0.39 is 0 Å². The van der Waals surface area contributed by atoms with E-state index in [0.29, 0.717) is 18.6 Å². The van der Waals surface area contributed by atoms with E-state index in [-0.39, 0.29) is 0 Å². The van der Waals surface area contributed by atoms with Crippen LogP contribution in [0.25, 0.3) is 0 Å². The van der Waals surface area contributed by atoms with Gasteiger partial charge in [-0.05, 0) is 37.1 Å². The number of benzene rings is 1. The van der Waals surface area contributed by atoms with Crippen molar-refractivity contribution in [1.82, 2.24) is 4.90 Å². The van der Waals surface area contributed by atoms with Gasteiger partial charge in [-0.3, -0.25) is 0 Å². The largest absolute Gasteiger partial charge is 0.380 e. The van der Waals surface area contributed by atoms with E-state index in [1.165, 1.54) is 11.1 Å². The summed E-state index contributed by atoms with van der Waals surface area (Å²) in [6.07, 6.45) is 1.05. The van der Waals surface area contributed by atoms with Crippen LogP contribution in [0.4, 0.5) is 0 Å². The Morgan fingerprint density at radius 3 is 2.26 bits per heavy atom. The zero-order valence-electron chi connectivity index (χ0n) is 12.7. The summed E-state index contributed by atoms with van der Waals surface area (Å²) >= 11 is 0. The molecule has 0 amide bonds. The maximum atomic E-state index is 6.07. The van der Waals surface area contributed by atoms with Crippen molar-refractivity contribution in [1.29, 1.82) is 0 Å². The molecule has 1 aromatic rings. The van der Waals surface area contributed by atoms with E-state index in [2.05, 4.69) is 50.1 Å². The topological polar surface area (TPSA) is 38.5 Å². The van der Waals surface area contributed by atoms with Crippen molar-refractivity contribution < 1.29 is 4.74 Å². The molecule has 0 radical (unpaired) electrons. The standard InChI is InChI=1S/C16H28N2O/c1-13(2)16(17)9-10-18(3)11-14-5-7-15(8-6-14)12-19-4/h5-8,13,16H,9-12,17H2,1-4H3. The summed E-state index contributed by atoms with van der Waals surface area (Å²) in [5.41, 5.74) is 8.62. The van der Waals surface area contributed by atoms with Gasteiger partial charge < -0.3 is 15.4 Å². The van der Waals surface area contributed by atoms with E-state index in [1.807, 2.05) is 0 Å². The van der Waals surface area contributed by atoms with Gasteiger partial charge in [0.2, 0.25) is 0 Å². The van der Waals surface area contributed by atoms with Gasteiger partial charge in [0.25, 0.3) is 0 Å². The predicted octanol–water partition coefficient (Wildman–Crippen LogP) is 2.64. The van der Waals surface area contributed by atoms with Crippen molar-refractivity contribution in [2.75, 3.05) is 20.7 Å². The Labute approximate surface area is 117 Å². The van der Waals surface area contributed by atoms with Gasteiger partial charge in [-0.1, -0.05) is 38.1 Å². The van der Waals surface area contributed by atoms with Crippen molar-refractivity contribution in [3.05, 3.63) is 35.4 Å². The van der Waals surface area contributed by atoms with Crippen LogP contribution in [0.5, 0.6) is 0 Å². The fourth-order valence-corrected chi connectivity index (χ4v) is 2.00. The molecule has 0 spiro atoms. The molecule has 0 saturated carbocycles. The smallest absolute Gasteiger partial charge is 0.0713 e. The maximum absolute atomic E-state index is 6.07. The second kappa shape index (κ2) is 8.31. The Morgan fingerprint density at radius 1 is 1.16 bits per heavy atom. The second-order valence-electron chi connectivity index (χ2n) is 5.68. The lowest BCUT2D eigenvalue weighted by Gasteiger charge is -2.21. The normalized spacial score (nSPS) is 13.2. The highest BCUT2D eigenvalue weighted by Gasteiger charge is 2.09. The first-order valence-corrected chi connectivity index (χ1v) is 7.03. The Balaban J connectivity index is 2.37. The summed E-state index contributed by atoms with van der Waals surface area (Å²) in [7, 11) is 3.87. The molecule has 3 heteroatoms. The molecule has 0 aliphatic rings. The molecule has 1 atom stereocenters. The molecule has 1 rings (SSSR count). The van der Waals surface area contributed by atoms with Crippen LogP contribution in [-0.4, -0.2) is 31.6 Å². The van der Waals surface area contributed by atoms with Crippen molar-refractivity contribution in [2.24, 2.45) is 11.7 Å². The lowest BCUT2D eigenvalue weighted by Crippen LogP contribution is -2.31. The fourth-order valence-electron chi connectivity index (χ4n) is 2.00. The molecular weight excluding hydrogens is 236 g/mol. The molecule has 1 aromatic carbocycles. The minimum absolute atomic E-state index is 0.298. The average Bonchev–Trinajstić information content (AvgIpc) is 2.38. The van der Waals surface area contributed by atoms with Gasteiger partial charge in [-0.15, -0.1) is 0 Å². The molecule has 3 nitrogen and oxygen atoms in total. The van der Waals surface area contributed by atoms with Gasteiger partial charge in [-0.25, -0.2) is 0 Å². The van der Waals surface area contributed by atoms with Crippen molar-refractivity contribution in [3.8, 4) is 0 Å². The minimum Gasteiger partial charge on any atom is -0.380 e. The SMILES string of the molecule is COCc1ccc(CN(C)CCC(N)C(C)C)cc1. The zero-order valence-corrected chi connectivity index (χ0v) is 12.7. The van der Waals surface area contributed by atoms with Crippen LogP contribution in [-0.2, 0) is 17.9 Å². The van der Waals surface area contributed by atoms with E-state index >= 15 is 0 Å². The van der Waals surface area contributed by atoms with Crippen LogP contribution in [0.1, 0.15) is 31.4 Å². The third-order valence-electron chi connectivity index (χ3n) is 3.49. The van der Waals surface area contributed by atoms with Crippen LogP contribution >= 0.6 is 0 Å². The third kappa shape index (κ3) is 6.19. The fraction of sp³-hybridized carbons (Fsp3) is 0.625. The molecule has 1 unspecified atom stereocenters. The van der Waals surface area contributed by atoms with Gasteiger partial charge in [0, 0.05) is 19.7 Å². The third-order valence-corrected chi connectivity index (χ3v) is 3.49. The predicted molar refractivity (Wildman–Crippen MR) is 80.9 cm³/mol. The first-order chi connectivity index (χ1) is 9.02. The Bertz CT molecular complexity index is 348. The molecule has 0 aromatic heterocycles. The highest BCUT2D eigenvalue weighted by Crippen LogP contribution is 2.09. The molecule has 0 aliphatic carbocycles. The number of nitrogens with two attached hydrogens (primary N) is 1. The van der Waals surface area contributed by atoms with Gasteiger partial charge in [0.05, 0.1) is 6.61 Å². The van der Waals surface area contributed by atoms with Gasteiger partial charge in [0.1, 0.15) is 0 Å². The number of rotatable bonds is 8. The highest BCUT2D eigenvalue weighted by molar-refractivity contribution is 5.21. The Kier molecular flexibility index (Phi) is 7.06. The molecule has 0 bridgehead atoms. The molecule has 0 saturated heterocycles. The summed E-state index contributed by atoms with van der Waals surface area (Å²) in [5.74, 6) is 0.557. The molecule has 19 heavy (non-hydrogen) atoms. The molecule has 2 N–H and O–H groups in total. The van der Waals surface area contributed by atoms with Gasteiger partial charge in [-0.2, -0.15) is 0 Å². The number of nitrogens with zero attached hydrogens (tertiary/aromatic N) is 1. The van der Waals surface area contributed by atoms with Crippen LogP contribution in [0, 0.1) is 5.92 Å². The van der Waals surface area contributed by atoms with Crippen LogP contribution < -0.4 is 5.73 Å². The quantitative estimate of drug-likeness (QED) is 0.784. The minimum atomic E-state index is 0.298. The average molecular weight is 264 g/mol. The highest BCUT2D eigenvalue weighted by atomic mass is 16.5. The lowest BCUT2D eigenvalue weighted by molar-refractivity contribution is 0.185. The van der Waals surface area contributed by atoms with Crippen molar-refractivity contribution in [2.45, 2.75) is 39.5 Å². The summed E-state index contributed by atoms with van der Waals surface area (Å²) in [6.45, 7) is 7.05. The molecule has 108 valence electrons. The molecule has 0 aliphatic heterocycles. The summed E-state index contributed by atoms with van der Waals surface area (Å²) in [5, 5.41) is 0. The number of hydrogen-bond donors (Lipinski definition) is 1. The lowest BCUT2D eigenvalue weighted by atomic mass is 10.0. The van der Waals surface area contributed by atoms with E-state index in [4.69, 9.17) is 10.5 Å².